The van der Waals surface area contributed by atoms with Gasteiger partial charge in [-0.25, -0.2) is 9.59 Å². The van der Waals surface area contributed by atoms with Crippen LogP contribution in [-0.4, -0.2) is 60.2 Å². The first kappa shape index (κ1) is 14.6. The molecule has 0 aromatic heterocycles. The molecule has 0 unspecified atom stereocenters. The number of piperazine rings is 1. The summed E-state index contributed by atoms with van der Waals surface area (Å²) in [6.07, 6.45) is -0.307. The molecule has 1 heterocycles. The molecule has 0 bridgehead atoms. The van der Waals surface area contributed by atoms with Crippen LogP contribution >= 0.6 is 0 Å². The van der Waals surface area contributed by atoms with Crippen LogP contribution in [0.3, 0.4) is 0 Å². The van der Waals surface area contributed by atoms with Crippen molar-refractivity contribution in [3.63, 3.8) is 0 Å². The lowest BCUT2D eigenvalue weighted by Gasteiger charge is -2.35. The van der Waals surface area contributed by atoms with E-state index < -0.39 is 5.60 Å². The second-order valence-electron chi connectivity index (χ2n) is 5.29. The molecule has 0 atom stereocenters. The van der Waals surface area contributed by atoms with Crippen molar-refractivity contribution >= 4 is 12.1 Å². The largest absolute Gasteiger partial charge is 0.444 e. The average Bonchev–Trinajstić information content (AvgIpc) is 2.27. The summed E-state index contributed by atoms with van der Waals surface area (Å²) in [5, 5.41) is 2.75. The van der Waals surface area contributed by atoms with Gasteiger partial charge in [-0.3, -0.25) is 0 Å². The Labute approximate surface area is 110 Å². The highest BCUT2D eigenvalue weighted by atomic mass is 16.6. The molecule has 106 valence electrons. The van der Waals surface area contributed by atoms with Crippen LogP contribution in [0, 0.1) is 0 Å². The number of rotatable bonds is 1. The molecule has 0 aromatic rings. The van der Waals surface area contributed by atoms with Crippen LogP contribution in [-0.2, 0) is 4.74 Å². The number of carbonyl (C=O) groups is 2. The molecule has 1 aliphatic rings. The van der Waals surface area contributed by atoms with E-state index in [1.807, 2.05) is 27.7 Å². The second-order valence-corrected chi connectivity index (χ2v) is 5.29. The minimum atomic E-state index is -0.478. The fourth-order valence-corrected chi connectivity index (χ4v) is 1.68. The highest BCUT2D eigenvalue weighted by Gasteiger charge is 2.27. The molecule has 1 fully saturated rings. The second kappa shape index (κ2) is 5.93. The van der Waals surface area contributed by atoms with Crippen molar-refractivity contribution in [2.75, 3.05) is 32.7 Å². The number of urea groups is 1. The zero-order valence-electron chi connectivity index (χ0n) is 11.7. The van der Waals surface area contributed by atoms with Gasteiger partial charge in [0.25, 0.3) is 0 Å². The Kier molecular flexibility index (Phi) is 4.81. The average molecular weight is 259 g/mol. The minimum absolute atomic E-state index is 0. The number of nitrogens with one attached hydrogen (secondary N) is 1. The first-order valence-corrected chi connectivity index (χ1v) is 6.34. The fourth-order valence-electron chi connectivity index (χ4n) is 1.68. The monoisotopic (exact) mass is 259 g/mol. The standard InChI is InChI=1S/C12H23N3O3.H2/c1-5-13-10(16)14-6-8-15(9-7-14)11(17)18-12(2,3)4;/h5-9H2,1-4H3,(H,13,16);1H. The van der Waals surface area contributed by atoms with Crippen molar-refractivity contribution in [2.24, 2.45) is 0 Å². The van der Waals surface area contributed by atoms with E-state index >= 15 is 0 Å². The van der Waals surface area contributed by atoms with Gasteiger partial charge in [0.15, 0.2) is 0 Å². The van der Waals surface area contributed by atoms with Crippen molar-refractivity contribution in [3.05, 3.63) is 0 Å². The van der Waals surface area contributed by atoms with Crippen molar-refractivity contribution < 1.29 is 15.8 Å². The van der Waals surface area contributed by atoms with Gasteiger partial charge in [0.1, 0.15) is 5.60 Å². The lowest BCUT2D eigenvalue weighted by Crippen LogP contribution is -2.53. The third-order valence-electron chi connectivity index (χ3n) is 2.55. The summed E-state index contributed by atoms with van der Waals surface area (Å²) >= 11 is 0. The van der Waals surface area contributed by atoms with E-state index in [0.717, 1.165) is 0 Å². The lowest BCUT2D eigenvalue weighted by atomic mass is 10.2. The lowest BCUT2D eigenvalue weighted by molar-refractivity contribution is 0.0170. The molecule has 18 heavy (non-hydrogen) atoms. The quantitative estimate of drug-likeness (QED) is 0.776. The Hall–Kier alpha value is -1.46. The fraction of sp³-hybridized carbons (Fsp3) is 0.833. The molecule has 0 saturated carbocycles. The first-order valence-electron chi connectivity index (χ1n) is 6.34. The number of carbonyl (C=O) groups excluding carboxylic acids is 2. The Morgan fingerprint density at radius 3 is 2.11 bits per heavy atom. The number of hydrogen-bond donors (Lipinski definition) is 1. The van der Waals surface area contributed by atoms with E-state index in [0.29, 0.717) is 32.7 Å². The molecule has 0 spiro atoms. The zero-order valence-corrected chi connectivity index (χ0v) is 11.7. The van der Waals surface area contributed by atoms with Gasteiger partial charge in [0.05, 0.1) is 0 Å². The predicted molar refractivity (Wildman–Crippen MR) is 70.6 cm³/mol. The van der Waals surface area contributed by atoms with Gasteiger partial charge >= 0.3 is 12.1 Å². The minimum Gasteiger partial charge on any atom is -0.444 e. The summed E-state index contributed by atoms with van der Waals surface area (Å²) in [5.41, 5.74) is -0.478. The summed E-state index contributed by atoms with van der Waals surface area (Å²) in [6, 6.07) is -0.0682. The highest BCUT2D eigenvalue weighted by Crippen LogP contribution is 2.11. The molecule has 1 aliphatic heterocycles. The van der Waals surface area contributed by atoms with Crippen LogP contribution in [0.5, 0.6) is 0 Å². The Morgan fingerprint density at radius 2 is 1.67 bits per heavy atom. The molecule has 1 N–H and O–H groups in total. The van der Waals surface area contributed by atoms with Crippen LogP contribution < -0.4 is 5.32 Å². The van der Waals surface area contributed by atoms with E-state index in [2.05, 4.69) is 5.32 Å². The summed E-state index contributed by atoms with van der Waals surface area (Å²) in [4.78, 5) is 26.7. The molecule has 0 aliphatic carbocycles. The van der Waals surface area contributed by atoms with Crippen molar-refractivity contribution in [2.45, 2.75) is 33.3 Å². The number of amides is 3. The van der Waals surface area contributed by atoms with Gasteiger partial charge in [0.2, 0.25) is 0 Å². The summed E-state index contributed by atoms with van der Waals surface area (Å²) in [5.74, 6) is 0. The Bertz CT molecular complexity index is 310. The maximum Gasteiger partial charge on any atom is 0.410 e. The molecular weight excluding hydrogens is 234 g/mol. The number of nitrogens with zero attached hydrogens (tertiary/aromatic N) is 2. The van der Waals surface area contributed by atoms with E-state index in [-0.39, 0.29) is 13.6 Å². The van der Waals surface area contributed by atoms with Gasteiger partial charge in [-0.2, -0.15) is 0 Å². The van der Waals surface area contributed by atoms with Crippen LogP contribution in [0.4, 0.5) is 9.59 Å². The molecule has 1 saturated heterocycles. The molecule has 3 amide bonds. The van der Waals surface area contributed by atoms with Crippen LogP contribution in [0.1, 0.15) is 29.1 Å². The summed E-state index contributed by atoms with van der Waals surface area (Å²) in [6.45, 7) is 10.2. The van der Waals surface area contributed by atoms with Crippen LogP contribution in [0.15, 0.2) is 0 Å². The van der Waals surface area contributed by atoms with Gasteiger partial charge in [-0.1, -0.05) is 0 Å². The summed E-state index contributed by atoms with van der Waals surface area (Å²) in [7, 11) is 0. The maximum absolute atomic E-state index is 11.8. The topological polar surface area (TPSA) is 61.9 Å². The molecule has 6 nitrogen and oxygen atoms in total. The molecule has 0 aromatic carbocycles. The Balaban J connectivity index is 0.00000324. The highest BCUT2D eigenvalue weighted by molar-refractivity contribution is 5.75. The third kappa shape index (κ3) is 4.43. The van der Waals surface area contributed by atoms with Crippen LogP contribution in [0.25, 0.3) is 0 Å². The molecule has 0 radical (unpaired) electrons. The van der Waals surface area contributed by atoms with Gasteiger partial charge in [-0.15, -0.1) is 0 Å². The molecular formula is C12H25N3O3. The van der Waals surface area contributed by atoms with Gasteiger partial charge < -0.3 is 19.9 Å². The summed E-state index contributed by atoms with van der Waals surface area (Å²) < 4.78 is 5.29. The van der Waals surface area contributed by atoms with Crippen molar-refractivity contribution in [1.29, 1.82) is 0 Å². The number of ether oxygens (including phenoxy) is 1. The number of hydrogen-bond acceptors (Lipinski definition) is 3. The molecule has 6 heteroatoms. The van der Waals surface area contributed by atoms with E-state index in [1.54, 1.807) is 9.80 Å². The van der Waals surface area contributed by atoms with Crippen LogP contribution in [0.2, 0.25) is 0 Å². The predicted octanol–water partition coefficient (Wildman–Crippen LogP) is 1.51. The third-order valence-corrected chi connectivity index (χ3v) is 2.55. The first-order chi connectivity index (χ1) is 8.33. The van der Waals surface area contributed by atoms with E-state index in [4.69, 9.17) is 4.74 Å². The smallest absolute Gasteiger partial charge is 0.410 e. The normalized spacial score (nSPS) is 16.4. The van der Waals surface area contributed by atoms with Gasteiger partial charge in [0, 0.05) is 34.2 Å². The van der Waals surface area contributed by atoms with Crippen molar-refractivity contribution in [1.82, 2.24) is 15.1 Å². The van der Waals surface area contributed by atoms with E-state index in [1.165, 1.54) is 0 Å². The van der Waals surface area contributed by atoms with E-state index in [9.17, 15) is 9.59 Å². The zero-order chi connectivity index (χ0) is 13.8. The Morgan fingerprint density at radius 1 is 1.17 bits per heavy atom. The van der Waals surface area contributed by atoms with Gasteiger partial charge in [-0.05, 0) is 27.7 Å². The maximum atomic E-state index is 11.8. The SMILES string of the molecule is CCNC(=O)N1CCN(C(=O)OC(C)(C)C)CC1.[HH]. The molecule has 1 rings (SSSR count). The van der Waals surface area contributed by atoms with Crippen molar-refractivity contribution in [3.8, 4) is 0 Å².